The Kier molecular flexibility index (Phi) is 5.46. The van der Waals surface area contributed by atoms with Crippen molar-refractivity contribution in [2.75, 3.05) is 19.6 Å². The molecule has 2 fully saturated rings. The number of nitrogens with zero attached hydrogens (tertiary/aromatic N) is 1. The van der Waals surface area contributed by atoms with Crippen LogP contribution in [0.1, 0.15) is 57.5 Å². The summed E-state index contributed by atoms with van der Waals surface area (Å²) in [5.41, 5.74) is 3.21. The van der Waals surface area contributed by atoms with Crippen molar-refractivity contribution in [2.24, 2.45) is 0 Å². The van der Waals surface area contributed by atoms with E-state index in [-0.39, 0.29) is 23.5 Å². The van der Waals surface area contributed by atoms with E-state index in [9.17, 15) is 9.59 Å². The molecule has 0 radical (unpaired) electrons. The van der Waals surface area contributed by atoms with Gasteiger partial charge >= 0.3 is 0 Å². The SMILES string of the molecule is Cc1ccc(C)c(C(=O)NC[C@@H]2CCC3(CCN(C(=O)c4ccoc4)CC3)O2)c1. The minimum absolute atomic E-state index is 0.0175. The summed E-state index contributed by atoms with van der Waals surface area (Å²) < 4.78 is 11.4. The molecule has 6 heteroatoms. The Labute approximate surface area is 171 Å². The maximum atomic E-state index is 12.6. The minimum atomic E-state index is -0.165. The van der Waals surface area contributed by atoms with Gasteiger partial charge in [0.1, 0.15) is 6.26 Å². The molecule has 3 heterocycles. The summed E-state index contributed by atoms with van der Waals surface area (Å²) in [6, 6.07) is 7.62. The van der Waals surface area contributed by atoms with Gasteiger partial charge in [-0.05, 0) is 57.2 Å². The number of carbonyl (C=O) groups is 2. The Morgan fingerprint density at radius 3 is 2.69 bits per heavy atom. The lowest BCUT2D eigenvalue weighted by molar-refractivity contribution is -0.0712. The van der Waals surface area contributed by atoms with Crippen LogP contribution in [-0.2, 0) is 4.74 Å². The molecule has 1 N–H and O–H groups in total. The molecule has 2 aliphatic heterocycles. The first-order valence-electron chi connectivity index (χ1n) is 10.3. The van der Waals surface area contributed by atoms with Crippen molar-refractivity contribution in [3.63, 3.8) is 0 Å². The van der Waals surface area contributed by atoms with Crippen LogP contribution in [0.15, 0.2) is 41.2 Å². The second-order valence-corrected chi connectivity index (χ2v) is 8.29. The summed E-state index contributed by atoms with van der Waals surface area (Å²) in [5.74, 6) is -0.0276. The van der Waals surface area contributed by atoms with Crippen molar-refractivity contribution in [1.82, 2.24) is 10.2 Å². The molecule has 0 unspecified atom stereocenters. The van der Waals surface area contributed by atoms with Gasteiger partial charge in [0, 0.05) is 25.2 Å². The molecule has 4 rings (SSSR count). The zero-order valence-corrected chi connectivity index (χ0v) is 17.1. The van der Waals surface area contributed by atoms with E-state index in [4.69, 9.17) is 9.15 Å². The van der Waals surface area contributed by atoms with Crippen LogP contribution in [0.2, 0.25) is 0 Å². The molecule has 29 heavy (non-hydrogen) atoms. The second-order valence-electron chi connectivity index (χ2n) is 8.29. The third-order valence-corrected chi connectivity index (χ3v) is 6.20. The van der Waals surface area contributed by atoms with E-state index in [1.807, 2.05) is 36.9 Å². The molecule has 0 saturated carbocycles. The van der Waals surface area contributed by atoms with Gasteiger partial charge in [0.15, 0.2) is 0 Å². The maximum Gasteiger partial charge on any atom is 0.257 e. The first-order valence-corrected chi connectivity index (χ1v) is 10.3. The van der Waals surface area contributed by atoms with Gasteiger partial charge in [-0.2, -0.15) is 0 Å². The molecule has 0 aliphatic carbocycles. The van der Waals surface area contributed by atoms with Crippen LogP contribution < -0.4 is 5.32 Å². The molecule has 154 valence electrons. The van der Waals surface area contributed by atoms with Gasteiger partial charge in [-0.15, -0.1) is 0 Å². The van der Waals surface area contributed by atoms with Crippen molar-refractivity contribution in [1.29, 1.82) is 0 Å². The van der Waals surface area contributed by atoms with Crippen LogP contribution in [0, 0.1) is 13.8 Å². The number of hydrogen-bond donors (Lipinski definition) is 1. The van der Waals surface area contributed by atoms with Crippen LogP contribution in [0.25, 0.3) is 0 Å². The number of piperidine rings is 1. The van der Waals surface area contributed by atoms with E-state index in [2.05, 4.69) is 5.32 Å². The predicted molar refractivity (Wildman–Crippen MR) is 109 cm³/mol. The molecule has 2 saturated heterocycles. The maximum absolute atomic E-state index is 12.6. The average Bonchev–Trinajstić information content (AvgIpc) is 3.39. The Morgan fingerprint density at radius 1 is 1.17 bits per heavy atom. The average molecular weight is 396 g/mol. The van der Waals surface area contributed by atoms with E-state index in [0.29, 0.717) is 25.2 Å². The van der Waals surface area contributed by atoms with Gasteiger partial charge in [-0.3, -0.25) is 9.59 Å². The highest BCUT2D eigenvalue weighted by atomic mass is 16.5. The molecule has 1 spiro atoms. The zero-order valence-electron chi connectivity index (χ0n) is 17.1. The van der Waals surface area contributed by atoms with Gasteiger partial charge in [0.25, 0.3) is 11.8 Å². The van der Waals surface area contributed by atoms with Gasteiger partial charge < -0.3 is 19.4 Å². The Morgan fingerprint density at radius 2 is 1.97 bits per heavy atom. The molecule has 2 amide bonds. The fourth-order valence-electron chi connectivity index (χ4n) is 4.38. The van der Waals surface area contributed by atoms with Gasteiger partial charge in [0.2, 0.25) is 0 Å². The fraction of sp³-hybridized carbons (Fsp3) is 0.478. The van der Waals surface area contributed by atoms with E-state index in [1.54, 1.807) is 6.07 Å². The van der Waals surface area contributed by atoms with Crippen molar-refractivity contribution in [3.05, 3.63) is 59.0 Å². The number of nitrogens with one attached hydrogen (secondary N) is 1. The fourth-order valence-corrected chi connectivity index (χ4v) is 4.38. The van der Waals surface area contributed by atoms with Crippen LogP contribution >= 0.6 is 0 Å². The van der Waals surface area contributed by atoms with Crippen molar-refractivity contribution in [2.45, 2.75) is 51.2 Å². The number of ether oxygens (including phenoxy) is 1. The number of amides is 2. The molecular weight excluding hydrogens is 368 g/mol. The Hall–Kier alpha value is -2.60. The molecule has 2 aliphatic rings. The van der Waals surface area contributed by atoms with E-state index in [1.165, 1.54) is 12.5 Å². The van der Waals surface area contributed by atoms with Gasteiger partial charge in [-0.1, -0.05) is 17.7 Å². The summed E-state index contributed by atoms with van der Waals surface area (Å²) in [4.78, 5) is 26.9. The first-order chi connectivity index (χ1) is 14.0. The number of rotatable bonds is 4. The molecule has 1 aromatic heterocycles. The van der Waals surface area contributed by atoms with E-state index < -0.39 is 0 Å². The topological polar surface area (TPSA) is 71.8 Å². The lowest BCUT2D eigenvalue weighted by Crippen LogP contribution is -2.47. The van der Waals surface area contributed by atoms with Crippen LogP contribution in [0.5, 0.6) is 0 Å². The van der Waals surface area contributed by atoms with Gasteiger partial charge in [-0.25, -0.2) is 0 Å². The monoisotopic (exact) mass is 396 g/mol. The summed E-state index contributed by atoms with van der Waals surface area (Å²) in [6.07, 6.45) is 6.62. The third-order valence-electron chi connectivity index (χ3n) is 6.20. The van der Waals surface area contributed by atoms with Crippen LogP contribution in [-0.4, -0.2) is 48.1 Å². The zero-order chi connectivity index (χ0) is 20.4. The van der Waals surface area contributed by atoms with Crippen molar-refractivity contribution in [3.8, 4) is 0 Å². The molecule has 6 nitrogen and oxygen atoms in total. The minimum Gasteiger partial charge on any atom is -0.472 e. The number of carbonyl (C=O) groups excluding carboxylic acids is 2. The Balaban J connectivity index is 1.28. The van der Waals surface area contributed by atoms with Gasteiger partial charge in [0.05, 0.1) is 23.5 Å². The largest absolute Gasteiger partial charge is 0.472 e. The van der Waals surface area contributed by atoms with Crippen molar-refractivity contribution >= 4 is 11.8 Å². The quantitative estimate of drug-likeness (QED) is 0.859. The first kappa shape index (κ1) is 19.7. The van der Waals surface area contributed by atoms with Crippen LogP contribution in [0.3, 0.4) is 0 Å². The molecule has 0 bridgehead atoms. The normalized spacial score (nSPS) is 20.8. The second kappa shape index (κ2) is 8.03. The lowest BCUT2D eigenvalue weighted by Gasteiger charge is -2.39. The Bertz CT molecular complexity index is 882. The molecular formula is C23H28N2O4. The smallest absolute Gasteiger partial charge is 0.257 e. The summed E-state index contributed by atoms with van der Waals surface area (Å²) >= 11 is 0. The third kappa shape index (κ3) is 4.22. The molecule has 1 aromatic carbocycles. The number of hydrogen-bond acceptors (Lipinski definition) is 4. The number of aryl methyl sites for hydroxylation is 2. The highest BCUT2D eigenvalue weighted by molar-refractivity contribution is 5.95. The molecule has 1 atom stereocenters. The number of furan rings is 1. The van der Waals surface area contributed by atoms with Crippen LogP contribution in [0.4, 0.5) is 0 Å². The summed E-state index contributed by atoms with van der Waals surface area (Å²) in [7, 11) is 0. The predicted octanol–water partition coefficient (Wildman–Crippen LogP) is 3.48. The standard InChI is InChI=1S/C23H28N2O4/c1-16-3-4-17(2)20(13-16)21(26)24-14-19-5-7-23(29-19)8-10-25(11-9-23)22(27)18-6-12-28-15-18/h3-4,6,12-13,15,19H,5,7-11,14H2,1-2H3,(H,24,26)/t19-/m0/s1. The van der Waals surface area contributed by atoms with Crippen molar-refractivity contribution < 1.29 is 18.7 Å². The molecule has 2 aromatic rings. The highest BCUT2D eigenvalue weighted by Crippen LogP contribution is 2.39. The number of likely N-dealkylation sites (tertiary alicyclic amines) is 1. The van der Waals surface area contributed by atoms with E-state index in [0.717, 1.165) is 42.4 Å². The highest BCUT2D eigenvalue weighted by Gasteiger charge is 2.43. The lowest BCUT2D eigenvalue weighted by atomic mass is 9.88. The number of benzene rings is 1. The summed E-state index contributed by atoms with van der Waals surface area (Å²) in [6.45, 7) is 5.83. The summed E-state index contributed by atoms with van der Waals surface area (Å²) in [5, 5.41) is 3.04. The van der Waals surface area contributed by atoms with E-state index >= 15 is 0 Å².